The second kappa shape index (κ2) is 4.63. The highest BCUT2D eigenvalue weighted by Gasteiger charge is 2.18. The zero-order valence-electron chi connectivity index (χ0n) is 9.52. The summed E-state index contributed by atoms with van der Waals surface area (Å²) in [7, 11) is 0. The fraction of sp³-hybridized carbons (Fsp3) is 0.250. The van der Waals surface area contributed by atoms with E-state index in [0.717, 1.165) is 15.2 Å². The summed E-state index contributed by atoms with van der Waals surface area (Å²) in [4.78, 5) is 27.3. The van der Waals surface area contributed by atoms with E-state index < -0.39 is 11.8 Å². The van der Waals surface area contributed by atoms with Crippen molar-refractivity contribution in [2.45, 2.75) is 13.8 Å². The molecule has 0 unspecified atom stereocenters. The molecule has 5 heteroatoms. The van der Waals surface area contributed by atoms with Crippen LogP contribution in [0.5, 0.6) is 0 Å². The third-order valence-electron chi connectivity index (χ3n) is 2.22. The van der Waals surface area contributed by atoms with Crippen LogP contribution in [0.2, 0.25) is 0 Å². The lowest BCUT2D eigenvalue weighted by atomic mass is 10.1. The van der Waals surface area contributed by atoms with Crippen LogP contribution in [0, 0.1) is 6.92 Å². The fourth-order valence-corrected chi connectivity index (χ4v) is 2.31. The van der Waals surface area contributed by atoms with Crippen molar-refractivity contribution in [1.29, 1.82) is 0 Å². The van der Waals surface area contributed by atoms with Crippen molar-refractivity contribution in [3.63, 3.8) is 0 Å². The third-order valence-corrected chi connectivity index (χ3v) is 3.17. The van der Waals surface area contributed by atoms with Crippen LogP contribution in [0.3, 0.4) is 0 Å². The largest absolute Gasteiger partial charge is 0.460 e. The summed E-state index contributed by atoms with van der Waals surface area (Å²) in [5.74, 6) is -1.45. The van der Waals surface area contributed by atoms with Crippen LogP contribution >= 0.6 is 11.3 Å². The Morgan fingerprint density at radius 3 is 2.88 bits per heavy atom. The number of benzene rings is 1. The summed E-state index contributed by atoms with van der Waals surface area (Å²) >= 11 is 1.55. The third kappa shape index (κ3) is 2.34. The summed E-state index contributed by atoms with van der Waals surface area (Å²) in [6.07, 6.45) is 0. The highest BCUT2D eigenvalue weighted by molar-refractivity contribution is 7.18. The monoisotopic (exact) mass is 249 g/mol. The number of carbonyl (C=O) groups excluding carboxylic acids is 2. The van der Waals surface area contributed by atoms with Crippen molar-refractivity contribution in [1.82, 2.24) is 4.98 Å². The van der Waals surface area contributed by atoms with Gasteiger partial charge in [-0.05, 0) is 32.0 Å². The minimum atomic E-state index is -0.821. The van der Waals surface area contributed by atoms with Gasteiger partial charge in [0, 0.05) is 5.56 Å². The van der Waals surface area contributed by atoms with Crippen molar-refractivity contribution >= 4 is 33.3 Å². The first kappa shape index (κ1) is 11.7. The average Bonchev–Trinajstić information content (AvgIpc) is 2.67. The van der Waals surface area contributed by atoms with Gasteiger partial charge >= 0.3 is 5.97 Å². The standard InChI is InChI=1S/C12H11NO3S/c1-3-16-12(15)11(14)8-4-5-10-9(6-8)13-7(2)17-10/h4-6H,3H2,1-2H3. The second-order valence-electron chi connectivity index (χ2n) is 3.46. The Hall–Kier alpha value is -1.75. The van der Waals surface area contributed by atoms with Crippen molar-refractivity contribution in [2.24, 2.45) is 0 Å². The van der Waals surface area contributed by atoms with Crippen LogP contribution in [0.15, 0.2) is 18.2 Å². The summed E-state index contributed by atoms with van der Waals surface area (Å²) in [5.41, 5.74) is 1.06. The molecule has 0 spiro atoms. The lowest BCUT2D eigenvalue weighted by molar-refractivity contribution is -0.137. The molecule has 0 radical (unpaired) electrons. The van der Waals surface area contributed by atoms with Crippen molar-refractivity contribution in [3.8, 4) is 0 Å². The molecule has 0 saturated carbocycles. The molecule has 88 valence electrons. The van der Waals surface area contributed by atoms with E-state index in [1.165, 1.54) is 0 Å². The minimum absolute atomic E-state index is 0.197. The highest BCUT2D eigenvalue weighted by atomic mass is 32.1. The summed E-state index contributed by atoms with van der Waals surface area (Å²) in [5, 5.41) is 0.931. The number of carbonyl (C=O) groups is 2. The number of esters is 1. The second-order valence-corrected chi connectivity index (χ2v) is 4.70. The number of hydrogen-bond acceptors (Lipinski definition) is 5. The number of hydrogen-bond donors (Lipinski definition) is 0. The van der Waals surface area contributed by atoms with E-state index >= 15 is 0 Å². The maximum absolute atomic E-state index is 11.7. The van der Waals surface area contributed by atoms with Gasteiger partial charge < -0.3 is 4.74 Å². The minimum Gasteiger partial charge on any atom is -0.460 e. The van der Waals surface area contributed by atoms with Gasteiger partial charge in [0.25, 0.3) is 5.78 Å². The van der Waals surface area contributed by atoms with Crippen LogP contribution in [-0.2, 0) is 9.53 Å². The molecule has 1 aromatic carbocycles. The first-order chi connectivity index (χ1) is 8.11. The number of ketones is 1. The Kier molecular flexibility index (Phi) is 3.19. The van der Waals surface area contributed by atoms with Crippen LogP contribution in [-0.4, -0.2) is 23.3 Å². The van der Waals surface area contributed by atoms with Crippen LogP contribution in [0.25, 0.3) is 10.2 Å². The van der Waals surface area contributed by atoms with E-state index in [1.54, 1.807) is 36.5 Å². The predicted octanol–water partition coefficient (Wildman–Crippen LogP) is 2.35. The highest BCUT2D eigenvalue weighted by Crippen LogP contribution is 2.22. The maximum Gasteiger partial charge on any atom is 0.379 e. The quantitative estimate of drug-likeness (QED) is 0.476. The number of thiazole rings is 1. The van der Waals surface area contributed by atoms with Gasteiger partial charge in [-0.3, -0.25) is 4.79 Å². The Morgan fingerprint density at radius 1 is 1.41 bits per heavy atom. The van der Waals surface area contributed by atoms with E-state index in [4.69, 9.17) is 0 Å². The van der Waals surface area contributed by atoms with Gasteiger partial charge in [0.1, 0.15) is 0 Å². The first-order valence-corrected chi connectivity index (χ1v) is 6.02. The molecule has 0 fully saturated rings. The van der Waals surface area contributed by atoms with Gasteiger partial charge in [0.2, 0.25) is 0 Å². The number of Topliss-reactive ketones (excluding diaryl/α,β-unsaturated/α-hetero) is 1. The number of aromatic nitrogens is 1. The zero-order chi connectivity index (χ0) is 12.4. The Balaban J connectivity index is 2.35. The van der Waals surface area contributed by atoms with Gasteiger partial charge in [-0.25, -0.2) is 9.78 Å². The number of ether oxygens (including phenoxy) is 1. The SMILES string of the molecule is CCOC(=O)C(=O)c1ccc2sc(C)nc2c1. The Labute approximate surface area is 102 Å². The average molecular weight is 249 g/mol. The summed E-state index contributed by atoms with van der Waals surface area (Å²) < 4.78 is 5.67. The van der Waals surface area contributed by atoms with Crippen molar-refractivity contribution < 1.29 is 14.3 Å². The summed E-state index contributed by atoms with van der Waals surface area (Å²) in [6, 6.07) is 5.05. The lowest BCUT2D eigenvalue weighted by Crippen LogP contribution is -2.17. The van der Waals surface area contributed by atoms with Gasteiger partial charge in [0.15, 0.2) is 0 Å². The number of fused-ring (bicyclic) bond motifs is 1. The van der Waals surface area contributed by atoms with Crippen molar-refractivity contribution in [2.75, 3.05) is 6.61 Å². The molecule has 4 nitrogen and oxygen atoms in total. The molecule has 2 rings (SSSR count). The Bertz CT molecular complexity index is 588. The first-order valence-electron chi connectivity index (χ1n) is 5.20. The van der Waals surface area contributed by atoms with Crippen LogP contribution < -0.4 is 0 Å². The topological polar surface area (TPSA) is 56.3 Å². The molecule has 0 amide bonds. The molecule has 1 heterocycles. The summed E-state index contributed by atoms with van der Waals surface area (Å²) in [6.45, 7) is 3.76. The smallest absolute Gasteiger partial charge is 0.379 e. The molecule has 0 aliphatic rings. The molecule has 0 aliphatic heterocycles. The van der Waals surface area contributed by atoms with Gasteiger partial charge in [-0.1, -0.05) is 0 Å². The molecule has 0 bridgehead atoms. The van der Waals surface area contributed by atoms with Gasteiger partial charge in [-0.2, -0.15) is 0 Å². The predicted molar refractivity (Wildman–Crippen MR) is 65.3 cm³/mol. The molecule has 2 aromatic rings. The molecule has 0 aliphatic carbocycles. The molecule has 0 saturated heterocycles. The molecular weight excluding hydrogens is 238 g/mol. The van der Waals surface area contributed by atoms with E-state index in [9.17, 15) is 9.59 Å². The molecular formula is C12H11NO3S. The van der Waals surface area contributed by atoms with E-state index in [2.05, 4.69) is 9.72 Å². The molecule has 1 aromatic heterocycles. The van der Waals surface area contributed by atoms with Gasteiger partial charge in [-0.15, -0.1) is 11.3 Å². The van der Waals surface area contributed by atoms with Crippen LogP contribution in [0.4, 0.5) is 0 Å². The maximum atomic E-state index is 11.7. The Morgan fingerprint density at radius 2 is 2.18 bits per heavy atom. The number of rotatable bonds is 3. The number of nitrogens with zero attached hydrogens (tertiary/aromatic N) is 1. The van der Waals surface area contributed by atoms with Gasteiger partial charge in [0.05, 0.1) is 21.8 Å². The molecule has 17 heavy (non-hydrogen) atoms. The fourth-order valence-electron chi connectivity index (χ4n) is 1.50. The van der Waals surface area contributed by atoms with E-state index in [-0.39, 0.29) is 6.61 Å². The molecule has 0 N–H and O–H groups in total. The van der Waals surface area contributed by atoms with E-state index in [1.807, 2.05) is 6.92 Å². The zero-order valence-corrected chi connectivity index (χ0v) is 10.3. The number of aryl methyl sites for hydroxylation is 1. The normalized spacial score (nSPS) is 10.5. The lowest BCUT2D eigenvalue weighted by Gasteiger charge is -2.00. The van der Waals surface area contributed by atoms with Crippen LogP contribution in [0.1, 0.15) is 22.3 Å². The van der Waals surface area contributed by atoms with Crippen molar-refractivity contribution in [3.05, 3.63) is 28.8 Å². The molecule has 0 atom stereocenters. The van der Waals surface area contributed by atoms with E-state index in [0.29, 0.717) is 5.56 Å².